The zero-order valence-corrected chi connectivity index (χ0v) is 27.9. The number of ether oxygens (including phenoxy) is 1. The van der Waals surface area contributed by atoms with Crippen LogP contribution in [0.1, 0.15) is 34.7 Å². The van der Waals surface area contributed by atoms with Crippen molar-refractivity contribution in [3.8, 4) is 11.5 Å². The number of carbonyl (C=O) groups is 5. The van der Waals surface area contributed by atoms with Crippen LogP contribution < -0.4 is 14.5 Å². The predicted octanol–water partition coefficient (Wildman–Crippen LogP) is 5.77. The smallest absolute Gasteiger partial charge is 0.335 e. The molecule has 6 unspecified atom stereocenters. The maximum absolute atomic E-state index is 14.5. The van der Waals surface area contributed by atoms with Crippen molar-refractivity contribution < 1.29 is 43.3 Å². The number of carboxylic acid groups (broad SMARTS) is 1. The van der Waals surface area contributed by atoms with E-state index in [1.807, 2.05) is 0 Å². The highest BCUT2D eigenvalue weighted by Crippen LogP contribution is 2.67. The number of imide groups is 2. The van der Waals surface area contributed by atoms with Crippen LogP contribution in [0.4, 0.5) is 15.8 Å². The molecule has 14 heteroatoms. The predicted molar refractivity (Wildman–Crippen MR) is 175 cm³/mol. The lowest BCUT2D eigenvalue weighted by atomic mass is 9.56. The number of hydrogen-bond donors (Lipinski definition) is 2. The van der Waals surface area contributed by atoms with E-state index in [1.165, 1.54) is 55.6 Å². The molecule has 2 aliphatic heterocycles. The molecule has 4 aliphatic rings. The molecule has 2 aliphatic carbocycles. The Morgan fingerprint density at radius 1 is 0.958 bits per heavy atom. The highest BCUT2D eigenvalue weighted by Gasteiger charge is 2.77. The fourth-order valence-corrected chi connectivity index (χ4v) is 9.13. The van der Waals surface area contributed by atoms with Gasteiger partial charge in [0.05, 0.1) is 35.9 Å². The minimum atomic E-state index is -2.26. The zero-order valence-electron chi connectivity index (χ0n) is 24.8. The average molecular weight is 758 g/mol. The molecule has 3 fully saturated rings. The number of fused-ring (bicyclic) bond motifs is 4. The number of aromatic carboxylic acids is 1. The minimum Gasteiger partial charge on any atom is -0.504 e. The Hall–Kier alpha value is -4.26. The van der Waals surface area contributed by atoms with E-state index in [0.29, 0.717) is 10.0 Å². The lowest BCUT2D eigenvalue weighted by Gasteiger charge is -2.50. The molecule has 1 saturated carbocycles. The molecule has 4 amide bonds. The van der Waals surface area contributed by atoms with E-state index in [-0.39, 0.29) is 46.8 Å². The monoisotopic (exact) mass is 756 g/mol. The fourth-order valence-electron chi connectivity index (χ4n) is 7.75. The Kier molecular flexibility index (Phi) is 7.50. The number of aromatic hydroxyl groups is 1. The maximum Gasteiger partial charge on any atom is 0.335 e. The number of hydrogen-bond acceptors (Lipinski definition) is 7. The van der Waals surface area contributed by atoms with Crippen molar-refractivity contribution in [2.24, 2.45) is 17.8 Å². The number of alkyl halides is 2. The normalized spacial score (nSPS) is 29.4. The number of phenolic OH excluding ortho intramolecular Hbond substituents is 1. The third-order valence-electron chi connectivity index (χ3n) is 9.85. The Bertz CT molecular complexity index is 2010. The molecular weight excluding hydrogens is 734 g/mol. The molecule has 246 valence electrons. The molecule has 0 aromatic heterocycles. The van der Waals surface area contributed by atoms with Crippen LogP contribution in [-0.4, -0.2) is 56.7 Å². The summed E-state index contributed by atoms with van der Waals surface area (Å²) in [6.45, 7) is 0. The van der Waals surface area contributed by atoms with Crippen LogP contribution in [0.3, 0.4) is 0 Å². The standard InChI is InChI=1S/C34H24BrCl2FN2O8/c1-48-24-13-16(35)12-22(27(24)41)26-20-9-10-21-25(29(43)39(28(21)42)19-4-2-3-15(11-19)30(44)45)23(20)14-33(36)31(46)40(32(47)34(26,33)37)18-7-5-17(38)6-8-18/h2-9,11-13,21,23,25-26,41H,10,14H2,1H3,(H,44,45). The van der Waals surface area contributed by atoms with Gasteiger partial charge in [0.25, 0.3) is 11.8 Å². The number of amides is 4. The molecule has 3 aromatic rings. The van der Waals surface area contributed by atoms with Gasteiger partial charge in [0.1, 0.15) is 5.82 Å². The van der Waals surface area contributed by atoms with Gasteiger partial charge in [-0.25, -0.2) is 14.1 Å². The van der Waals surface area contributed by atoms with Crippen molar-refractivity contribution in [2.75, 3.05) is 16.9 Å². The molecule has 7 rings (SSSR count). The number of carboxylic acids is 1. The molecule has 0 radical (unpaired) electrons. The summed E-state index contributed by atoms with van der Waals surface area (Å²) in [5.41, 5.74) is 0.468. The summed E-state index contributed by atoms with van der Waals surface area (Å²) in [6, 6.07) is 13.1. The van der Waals surface area contributed by atoms with Crippen LogP contribution in [0, 0.1) is 23.6 Å². The number of allylic oxidation sites excluding steroid dienone is 2. The van der Waals surface area contributed by atoms with Gasteiger partial charge in [0, 0.05) is 16.0 Å². The summed E-state index contributed by atoms with van der Waals surface area (Å²) in [7, 11) is 1.33. The molecule has 3 aromatic carbocycles. The van der Waals surface area contributed by atoms with Gasteiger partial charge in [-0.3, -0.25) is 24.1 Å². The summed E-state index contributed by atoms with van der Waals surface area (Å²) in [5, 5.41) is 21.0. The van der Waals surface area contributed by atoms with Gasteiger partial charge < -0.3 is 14.9 Å². The Morgan fingerprint density at radius 3 is 2.33 bits per heavy atom. The van der Waals surface area contributed by atoms with Gasteiger partial charge in [0.15, 0.2) is 21.2 Å². The van der Waals surface area contributed by atoms with E-state index in [2.05, 4.69) is 15.9 Å². The maximum atomic E-state index is 14.5. The Labute approximate surface area is 290 Å². The first-order valence-corrected chi connectivity index (χ1v) is 16.3. The van der Waals surface area contributed by atoms with Crippen molar-refractivity contribution in [1.29, 1.82) is 0 Å². The first-order chi connectivity index (χ1) is 22.7. The Balaban J connectivity index is 1.42. The number of rotatable bonds is 5. The SMILES string of the molecule is COc1cc(Br)cc(C2C3=CCC4C(=O)N(c5cccc(C(=O)O)c5)C(=O)C4C3CC3(Cl)C(=O)N(c4ccc(F)cc4)C(=O)C23Cl)c1O. The summed E-state index contributed by atoms with van der Waals surface area (Å²) in [4.78, 5) is 65.9. The summed E-state index contributed by atoms with van der Waals surface area (Å²) >= 11 is 18.1. The number of halogens is 4. The van der Waals surface area contributed by atoms with E-state index >= 15 is 0 Å². The molecule has 10 nitrogen and oxygen atoms in total. The second kappa shape index (κ2) is 11.1. The number of benzene rings is 3. The summed E-state index contributed by atoms with van der Waals surface area (Å²) in [5.74, 6) is -9.40. The van der Waals surface area contributed by atoms with Crippen molar-refractivity contribution in [3.05, 3.63) is 93.7 Å². The molecule has 2 heterocycles. The number of anilines is 2. The molecule has 0 spiro atoms. The first-order valence-electron chi connectivity index (χ1n) is 14.7. The molecular formula is C34H24BrCl2FN2O8. The average Bonchev–Trinajstić information content (AvgIpc) is 3.40. The fraction of sp³-hybridized carbons (Fsp3) is 0.265. The number of phenols is 1. The second-order valence-electron chi connectivity index (χ2n) is 12.2. The van der Waals surface area contributed by atoms with Crippen LogP contribution in [-0.2, 0) is 19.2 Å². The third-order valence-corrected chi connectivity index (χ3v) is 11.7. The van der Waals surface area contributed by atoms with Crippen LogP contribution >= 0.6 is 39.1 Å². The number of carbonyl (C=O) groups excluding carboxylic acids is 4. The van der Waals surface area contributed by atoms with Gasteiger partial charge in [-0.2, -0.15) is 0 Å². The lowest BCUT2D eigenvalue weighted by molar-refractivity contribution is -0.125. The van der Waals surface area contributed by atoms with Crippen molar-refractivity contribution >= 4 is 80.1 Å². The zero-order chi connectivity index (χ0) is 34.4. The van der Waals surface area contributed by atoms with E-state index < -0.39 is 68.8 Å². The van der Waals surface area contributed by atoms with Crippen LogP contribution in [0.15, 0.2) is 76.8 Å². The number of nitrogens with zero attached hydrogens (tertiary/aromatic N) is 2. The van der Waals surface area contributed by atoms with Crippen molar-refractivity contribution in [3.63, 3.8) is 0 Å². The second-order valence-corrected chi connectivity index (χ2v) is 14.3. The van der Waals surface area contributed by atoms with Crippen molar-refractivity contribution in [2.45, 2.75) is 28.5 Å². The molecule has 0 bridgehead atoms. The first kappa shape index (κ1) is 32.3. The van der Waals surface area contributed by atoms with E-state index in [9.17, 15) is 38.6 Å². The largest absolute Gasteiger partial charge is 0.504 e. The van der Waals surface area contributed by atoms with Gasteiger partial charge in [0.2, 0.25) is 11.8 Å². The molecule has 48 heavy (non-hydrogen) atoms. The highest BCUT2D eigenvalue weighted by atomic mass is 79.9. The van der Waals surface area contributed by atoms with E-state index in [0.717, 1.165) is 21.9 Å². The van der Waals surface area contributed by atoms with E-state index in [4.69, 9.17) is 27.9 Å². The van der Waals surface area contributed by atoms with Crippen LogP contribution in [0.25, 0.3) is 0 Å². The summed E-state index contributed by atoms with van der Waals surface area (Å²) in [6.07, 6.45) is 1.41. The molecule has 2 saturated heterocycles. The Morgan fingerprint density at radius 2 is 1.67 bits per heavy atom. The molecule has 2 N–H and O–H groups in total. The quantitative estimate of drug-likeness (QED) is 0.190. The van der Waals surface area contributed by atoms with Gasteiger partial charge in [-0.05, 0) is 73.4 Å². The third kappa shape index (κ3) is 4.31. The van der Waals surface area contributed by atoms with Gasteiger partial charge >= 0.3 is 5.97 Å². The van der Waals surface area contributed by atoms with Gasteiger partial charge in [-0.15, -0.1) is 23.2 Å². The molecule has 6 atom stereocenters. The van der Waals surface area contributed by atoms with Crippen LogP contribution in [0.2, 0.25) is 0 Å². The highest BCUT2D eigenvalue weighted by molar-refractivity contribution is 9.10. The van der Waals surface area contributed by atoms with Gasteiger partial charge in [-0.1, -0.05) is 33.6 Å². The lowest BCUT2D eigenvalue weighted by Crippen LogP contribution is -2.60. The summed E-state index contributed by atoms with van der Waals surface area (Å²) < 4.78 is 19.7. The van der Waals surface area contributed by atoms with Crippen LogP contribution in [0.5, 0.6) is 11.5 Å². The topological polar surface area (TPSA) is 142 Å². The minimum absolute atomic E-state index is 0.0158. The number of methoxy groups -OCH3 is 1. The van der Waals surface area contributed by atoms with Crippen molar-refractivity contribution in [1.82, 2.24) is 0 Å². The van der Waals surface area contributed by atoms with E-state index in [1.54, 1.807) is 6.08 Å².